The fourth-order valence-electron chi connectivity index (χ4n) is 1.69. The van der Waals surface area contributed by atoms with Crippen LogP contribution < -0.4 is 5.76 Å². The van der Waals surface area contributed by atoms with Crippen LogP contribution in [0.3, 0.4) is 0 Å². The molecule has 0 fully saturated rings. The van der Waals surface area contributed by atoms with E-state index in [0.717, 1.165) is 0 Å². The van der Waals surface area contributed by atoms with Gasteiger partial charge in [-0.1, -0.05) is 0 Å². The summed E-state index contributed by atoms with van der Waals surface area (Å²) in [5, 5.41) is 7.92. The first-order chi connectivity index (χ1) is 8.69. The molecule has 0 aliphatic heterocycles. The number of aldehydes is 1. The first-order valence-corrected chi connectivity index (χ1v) is 5.16. The highest BCUT2D eigenvalue weighted by Crippen LogP contribution is 2.16. The molecule has 90 valence electrons. The summed E-state index contributed by atoms with van der Waals surface area (Å²) in [6.45, 7) is 0. The minimum absolute atomic E-state index is 0.246. The summed E-state index contributed by atoms with van der Waals surface area (Å²) >= 11 is 0. The van der Waals surface area contributed by atoms with Crippen LogP contribution in [0.5, 0.6) is 0 Å². The molecule has 0 radical (unpaired) electrons. The highest BCUT2D eigenvalue weighted by atomic mass is 16.4. The Morgan fingerprint density at radius 2 is 2.22 bits per heavy atom. The number of benzene rings is 1. The van der Waals surface area contributed by atoms with Gasteiger partial charge in [0, 0.05) is 7.05 Å². The van der Waals surface area contributed by atoms with Crippen molar-refractivity contribution in [3.05, 3.63) is 40.6 Å². The topological polar surface area (TPSA) is 82.9 Å². The lowest BCUT2D eigenvalue weighted by Crippen LogP contribution is -2.08. The smallest absolute Gasteiger partial charge is 0.408 e. The van der Waals surface area contributed by atoms with Crippen LogP contribution in [0.25, 0.3) is 16.8 Å². The molecule has 2 aromatic heterocycles. The van der Waals surface area contributed by atoms with Crippen molar-refractivity contribution in [2.75, 3.05) is 0 Å². The maximum absolute atomic E-state index is 11.3. The Bertz CT molecular complexity index is 796. The highest BCUT2D eigenvalue weighted by molar-refractivity contribution is 5.75. The molecule has 18 heavy (non-hydrogen) atoms. The Labute approximate surface area is 100 Å². The lowest BCUT2D eigenvalue weighted by Gasteiger charge is -1.99. The molecule has 0 aliphatic rings. The third-order valence-electron chi connectivity index (χ3n) is 2.64. The van der Waals surface area contributed by atoms with Gasteiger partial charge in [0.25, 0.3) is 0 Å². The molecule has 2 heterocycles. The number of carbonyl (C=O) groups excluding carboxylic acids is 1. The molecule has 1 aromatic carbocycles. The predicted octanol–water partition coefficient (Wildman–Crippen LogP) is 0.525. The van der Waals surface area contributed by atoms with Gasteiger partial charge in [-0.05, 0) is 18.2 Å². The van der Waals surface area contributed by atoms with Gasteiger partial charge < -0.3 is 4.42 Å². The van der Waals surface area contributed by atoms with Gasteiger partial charge in [0.1, 0.15) is 5.69 Å². The van der Waals surface area contributed by atoms with E-state index in [4.69, 9.17) is 4.42 Å². The van der Waals surface area contributed by atoms with Gasteiger partial charge in [-0.2, -0.15) is 9.90 Å². The van der Waals surface area contributed by atoms with E-state index >= 15 is 0 Å². The molecule has 7 heteroatoms. The van der Waals surface area contributed by atoms with Crippen LogP contribution >= 0.6 is 0 Å². The van der Waals surface area contributed by atoms with Crippen LogP contribution in [0, 0.1) is 0 Å². The van der Waals surface area contributed by atoms with Gasteiger partial charge in [0.2, 0.25) is 0 Å². The Hall–Kier alpha value is -2.70. The fraction of sp³-hybridized carbons (Fsp3) is 0.0909. The summed E-state index contributed by atoms with van der Waals surface area (Å²) in [5.74, 6) is -0.427. The molecule has 0 amide bonds. The standard InChI is InChI=1S/C11H8N4O3/c1-14-9-4-8(2-3-10(9)18-11(14)17)15-12-5-7(6-16)13-15/h2-6H,1H3. The molecule has 0 N–H and O–H groups in total. The Morgan fingerprint density at radius 3 is 2.94 bits per heavy atom. The third-order valence-corrected chi connectivity index (χ3v) is 2.64. The van der Waals surface area contributed by atoms with Crippen molar-refractivity contribution in [2.24, 2.45) is 7.05 Å². The average Bonchev–Trinajstić information content (AvgIpc) is 2.96. The summed E-state index contributed by atoms with van der Waals surface area (Å²) in [6.07, 6.45) is 1.99. The quantitative estimate of drug-likeness (QED) is 0.614. The van der Waals surface area contributed by atoms with Crippen LogP contribution in [0.1, 0.15) is 10.5 Å². The van der Waals surface area contributed by atoms with Gasteiger partial charge >= 0.3 is 5.76 Å². The van der Waals surface area contributed by atoms with Gasteiger partial charge in [0.05, 0.1) is 17.4 Å². The zero-order valence-electron chi connectivity index (χ0n) is 9.40. The predicted molar refractivity (Wildman–Crippen MR) is 61.8 cm³/mol. The lowest BCUT2D eigenvalue weighted by atomic mass is 10.3. The first kappa shape index (κ1) is 10.5. The zero-order chi connectivity index (χ0) is 12.7. The van der Waals surface area contributed by atoms with Crippen LogP contribution in [0.4, 0.5) is 0 Å². The summed E-state index contributed by atoms with van der Waals surface area (Å²) < 4.78 is 6.41. The molecule has 0 unspecified atom stereocenters. The van der Waals surface area contributed by atoms with Crippen molar-refractivity contribution in [3.8, 4) is 5.69 Å². The second-order valence-corrected chi connectivity index (χ2v) is 3.76. The molecule has 3 rings (SSSR count). The molecule has 0 aliphatic carbocycles. The number of oxazole rings is 1. The van der Waals surface area contributed by atoms with E-state index in [1.165, 1.54) is 15.6 Å². The first-order valence-electron chi connectivity index (χ1n) is 5.16. The zero-order valence-corrected chi connectivity index (χ0v) is 9.40. The maximum atomic E-state index is 11.3. The fourth-order valence-corrected chi connectivity index (χ4v) is 1.69. The van der Waals surface area contributed by atoms with Gasteiger partial charge in [-0.15, -0.1) is 5.10 Å². The van der Waals surface area contributed by atoms with Crippen LogP contribution in [0.15, 0.2) is 33.6 Å². The minimum atomic E-state index is -0.427. The Balaban J connectivity index is 2.20. The monoisotopic (exact) mass is 244 g/mol. The van der Waals surface area contributed by atoms with Gasteiger partial charge in [0.15, 0.2) is 11.9 Å². The second-order valence-electron chi connectivity index (χ2n) is 3.76. The number of rotatable bonds is 2. The average molecular weight is 244 g/mol. The Kier molecular flexibility index (Phi) is 2.12. The number of aromatic nitrogens is 4. The third kappa shape index (κ3) is 1.45. The molecule has 0 bridgehead atoms. The molecular formula is C11H8N4O3. The van der Waals surface area contributed by atoms with Crippen molar-refractivity contribution in [2.45, 2.75) is 0 Å². The van der Waals surface area contributed by atoms with E-state index in [0.29, 0.717) is 23.1 Å². The molecule has 0 saturated heterocycles. The molecule has 0 saturated carbocycles. The lowest BCUT2D eigenvalue weighted by molar-refractivity contribution is 0.111. The van der Waals surface area contributed by atoms with E-state index < -0.39 is 5.76 Å². The largest absolute Gasteiger partial charge is 0.419 e. The van der Waals surface area contributed by atoms with Crippen molar-refractivity contribution in [3.63, 3.8) is 0 Å². The summed E-state index contributed by atoms with van der Waals surface area (Å²) in [4.78, 5) is 23.2. The highest BCUT2D eigenvalue weighted by Gasteiger charge is 2.08. The summed E-state index contributed by atoms with van der Waals surface area (Å²) in [7, 11) is 1.62. The second kappa shape index (κ2) is 3.66. The van der Waals surface area contributed by atoms with Gasteiger partial charge in [-0.3, -0.25) is 9.36 Å². The van der Waals surface area contributed by atoms with E-state index in [-0.39, 0.29) is 5.69 Å². The van der Waals surface area contributed by atoms with Crippen LogP contribution in [0.2, 0.25) is 0 Å². The SMILES string of the molecule is Cn1c(=O)oc2ccc(-n3ncc(C=O)n3)cc21. The van der Waals surface area contributed by atoms with Gasteiger partial charge in [-0.25, -0.2) is 4.79 Å². The van der Waals surface area contributed by atoms with Crippen LogP contribution in [-0.4, -0.2) is 25.8 Å². The number of fused-ring (bicyclic) bond motifs is 1. The maximum Gasteiger partial charge on any atom is 0.419 e. The van der Waals surface area contributed by atoms with E-state index in [9.17, 15) is 9.59 Å². The molecule has 0 spiro atoms. The number of aryl methyl sites for hydroxylation is 1. The summed E-state index contributed by atoms with van der Waals surface area (Å²) in [5.41, 5.74) is 2.03. The number of hydrogen-bond acceptors (Lipinski definition) is 5. The van der Waals surface area contributed by atoms with Crippen molar-refractivity contribution >= 4 is 17.4 Å². The minimum Gasteiger partial charge on any atom is -0.408 e. The molecule has 7 nitrogen and oxygen atoms in total. The van der Waals surface area contributed by atoms with Crippen molar-refractivity contribution in [1.29, 1.82) is 0 Å². The number of hydrogen-bond donors (Lipinski definition) is 0. The normalized spacial score (nSPS) is 10.9. The number of carbonyl (C=O) groups is 1. The number of nitrogens with zero attached hydrogens (tertiary/aromatic N) is 4. The molecular weight excluding hydrogens is 236 g/mol. The van der Waals surface area contributed by atoms with E-state index in [1.807, 2.05) is 0 Å². The van der Waals surface area contributed by atoms with Crippen molar-refractivity contribution < 1.29 is 9.21 Å². The van der Waals surface area contributed by atoms with E-state index in [2.05, 4.69) is 10.2 Å². The van der Waals surface area contributed by atoms with Crippen LogP contribution in [-0.2, 0) is 7.05 Å². The molecule has 0 atom stereocenters. The van der Waals surface area contributed by atoms with Crippen molar-refractivity contribution in [1.82, 2.24) is 19.6 Å². The summed E-state index contributed by atoms with van der Waals surface area (Å²) in [6, 6.07) is 5.09. The molecule has 3 aromatic rings. The van der Waals surface area contributed by atoms with E-state index in [1.54, 1.807) is 25.2 Å². The Morgan fingerprint density at radius 1 is 1.39 bits per heavy atom.